The fraction of sp³-hybridized carbons (Fsp3) is 0.412. The maximum atomic E-state index is 12.6. The molecule has 2 aromatic rings. The molecule has 0 N–H and O–H groups in total. The quantitative estimate of drug-likeness (QED) is 0.773. The highest BCUT2D eigenvalue weighted by atomic mass is 32.2. The van der Waals surface area contributed by atoms with E-state index in [1.165, 1.54) is 18.9 Å². The zero-order chi connectivity index (χ0) is 17.1. The second kappa shape index (κ2) is 7.17. The van der Waals surface area contributed by atoms with Crippen LogP contribution in [0.4, 0.5) is 0 Å². The number of furan rings is 1. The second-order valence-corrected chi connectivity index (χ2v) is 6.83. The van der Waals surface area contributed by atoms with Gasteiger partial charge in [0.05, 0.1) is 20.0 Å². The number of fused-ring (bicyclic) bond motifs is 1. The highest BCUT2D eigenvalue weighted by Gasteiger charge is 2.29. The highest BCUT2D eigenvalue weighted by Crippen LogP contribution is 2.30. The van der Waals surface area contributed by atoms with Gasteiger partial charge >= 0.3 is 5.97 Å². The van der Waals surface area contributed by atoms with Crippen LogP contribution in [0.1, 0.15) is 17.0 Å². The van der Waals surface area contributed by atoms with Crippen LogP contribution in [-0.2, 0) is 9.53 Å². The number of carbonyl (C=O) groups is 2. The van der Waals surface area contributed by atoms with Crippen molar-refractivity contribution in [3.8, 4) is 5.75 Å². The molecule has 0 aliphatic carbocycles. The maximum Gasteiger partial charge on any atom is 0.315 e. The van der Waals surface area contributed by atoms with Gasteiger partial charge in [-0.25, -0.2) is 0 Å². The zero-order valence-corrected chi connectivity index (χ0v) is 14.4. The van der Waals surface area contributed by atoms with Gasteiger partial charge in [0.15, 0.2) is 17.1 Å². The number of likely N-dealkylation sites (tertiary alicyclic amines) is 1. The fourth-order valence-corrected chi connectivity index (χ4v) is 3.80. The van der Waals surface area contributed by atoms with E-state index in [9.17, 15) is 9.59 Å². The lowest BCUT2D eigenvalue weighted by atomic mass is 10.2. The summed E-state index contributed by atoms with van der Waals surface area (Å²) >= 11 is 1.53. The Morgan fingerprint density at radius 2 is 2.21 bits per heavy atom. The Morgan fingerprint density at radius 3 is 2.96 bits per heavy atom. The van der Waals surface area contributed by atoms with E-state index < -0.39 is 0 Å². The molecule has 1 aromatic heterocycles. The van der Waals surface area contributed by atoms with Crippen molar-refractivity contribution in [2.75, 3.05) is 33.1 Å². The average molecular weight is 349 g/mol. The lowest BCUT2D eigenvalue weighted by Gasteiger charge is -2.14. The Hall–Kier alpha value is -2.15. The van der Waals surface area contributed by atoms with E-state index in [4.69, 9.17) is 9.15 Å². The van der Waals surface area contributed by atoms with Gasteiger partial charge in [0.1, 0.15) is 0 Å². The Bertz CT molecular complexity index is 757. The predicted molar refractivity (Wildman–Crippen MR) is 91.5 cm³/mol. The molecule has 3 rings (SSSR count). The number of thioether (sulfide) groups is 1. The third kappa shape index (κ3) is 3.36. The molecule has 2 heterocycles. The Morgan fingerprint density at radius 1 is 1.38 bits per heavy atom. The van der Waals surface area contributed by atoms with Gasteiger partial charge in [-0.15, -0.1) is 11.8 Å². The molecule has 0 bridgehead atoms. The summed E-state index contributed by atoms with van der Waals surface area (Å²) in [4.78, 5) is 25.6. The minimum atomic E-state index is -0.242. The minimum Gasteiger partial charge on any atom is -0.493 e. The van der Waals surface area contributed by atoms with Crippen molar-refractivity contribution in [1.82, 2.24) is 4.90 Å². The first-order valence-electron chi connectivity index (χ1n) is 7.66. The van der Waals surface area contributed by atoms with E-state index >= 15 is 0 Å². The molecule has 0 spiro atoms. The highest BCUT2D eigenvalue weighted by molar-refractivity contribution is 8.00. The van der Waals surface area contributed by atoms with Gasteiger partial charge in [0.25, 0.3) is 5.91 Å². The van der Waals surface area contributed by atoms with Crippen molar-refractivity contribution in [2.45, 2.75) is 11.7 Å². The van der Waals surface area contributed by atoms with Crippen LogP contribution in [0.15, 0.2) is 28.7 Å². The minimum absolute atomic E-state index is 0.130. The molecule has 1 amide bonds. The van der Waals surface area contributed by atoms with Crippen molar-refractivity contribution < 1.29 is 23.5 Å². The number of benzene rings is 1. The number of amides is 1. The molecule has 0 saturated carbocycles. The molecule has 1 unspecified atom stereocenters. The lowest BCUT2D eigenvalue weighted by Crippen LogP contribution is -2.28. The SMILES string of the molecule is COC(=O)CSC1CCN(C(=O)c2cc3cccc(OC)c3o2)C1. The molecule has 24 heavy (non-hydrogen) atoms. The van der Waals surface area contributed by atoms with Crippen molar-refractivity contribution in [1.29, 1.82) is 0 Å². The summed E-state index contributed by atoms with van der Waals surface area (Å²) in [6.07, 6.45) is 0.858. The third-order valence-corrected chi connectivity index (χ3v) is 5.29. The molecule has 1 aliphatic rings. The van der Waals surface area contributed by atoms with Crippen molar-refractivity contribution in [3.05, 3.63) is 30.0 Å². The molecule has 0 radical (unpaired) electrons. The van der Waals surface area contributed by atoms with E-state index in [1.54, 1.807) is 24.1 Å². The van der Waals surface area contributed by atoms with Gasteiger partial charge in [-0.1, -0.05) is 12.1 Å². The molecular weight excluding hydrogens is 330 g/mol. The number of nitrogens with zero attached hydrogens (tertiary/aromatic N) is 1. The number of para-hydroxylation sites is 1. The normalized spacial score (nSPS) is 17.2. The molecule has 1 fully saturated rings. The van der Waals surface area contributed by atoms with E-state index in [1.807, 2.05) is 12.1 Å². The third-order valence-electron chi connectivity index (χ3n) is 4.04. The van der Waals surface area contributed by atoms with E-state index in [-0.39, 0.29) is 17.1 Å². The van der Waals surface area contributed by atoms with Crippen LogP contribution in [0, 0.1) is 0 Å². The van der Waals surface area contributed by atoms with Crippen LogP contribution < -0.4 is 4.74 Å². The monoisotopic (exact) mass is 349 g/mol. The maximum absolute atomic E-state index is 12.6. The first-order chi connectivity index (χ1) is 11.6. The Kier molecular flexibility index (Phi) is 4.99. The van der Waals surface area contributed by atoms with Crippen LogP contribution >= 0.6 is 11.8 Å². The summed E-state index contributed by atoms with van der Waals surface area (Å²) in [5.74, 6) is 0.863. The number of ether oxygens (including phenoxy) is 2. The number of hydrogen-bond acceptors (Lipinski definition) is 6. The van der Waals surface area contributed by atoms with Gasteiger partial charge in [-0.2, -0.15) is 0 Å². The lowest BCUT2D eigenvalue weighted by molar-refractivity contribution is -0.137. The van der Waals surface area contributed by atoms with Crippen molar-refractivity contribution >= 4 is 34.6 Å². The van der Waals surface area contributed by atoms with E-state index in [0.717, 1.165) is 11.8 Å². The summed E-state index contributed by atoms with van der Waals surface area (Å²) in [6, 6.07) is 7.29. The summed E-state index contributed by atoms with van der Waals surface area (Å²) < 4.78 is 15.6. The standard InChI is InChI=1S/C17H19NO5S/c1-21-13-5-3-4-11-8-14(23-16(11)13)17(20)18-7-6-12(9-18)24-10-15(19)22-2/h3-5,8,12H,6-7,9-10H2,1-2H3. The average Bonchev–Trinajstić information content (AvgIpc) is 3.25. The summed E-state index contributed by atoms with van der Waals surface area (Å²) in [6.45, 7) is 1.26. The zero-order valence-electron chi connectivity index (χ0n) is 13.6. The summed E-state index contributed by atoms with van der Waals surface area (Å²) in [7, 11) is 2.95. The first-order valence-corrected chi connectivity index (χ1v) is 8.71. The van der Waals surface area contributed by atoms with Gasteiger partial charge in [-0.3, -0.25) is 9.59 Å². The van der Waals surface area contributed by atoms with Crippen molar-refractivity contribution in [3.63, 3.8) is 0 Å². The molecule has 1 saturated heterocycles. The van der Waals surface area contributed by atoms with Crippen LogP contribution in [0.2, 0.25) is 0 Å². The van der Waals surface area contributed by atoms with E-state index in [0.29, 0.717) is 35.9 Å². The number of carbonyl (C=O) groups excluding carboxylic acids is 2. The molecule has 7 heteroatoms. The predicted octanol–water partition coefficient (Wildman–Crippen LogP) is 2.56. The van der Waals surface area contributed by atoms with Gasteiger partial charge < -0.3 is 18.8 Å². The molecular formula is C17H19NO5S. The Balaban J connectivity index is 1.68. The first kappa shape index (κ1) is 16.7. The topological polar surface area (TPSA) is 69.0 Å². The second-order valence-electron chi connectivity index (χ2n) is 5.54. The van der Waals surface area contributed by atoms with Crippen LogP contribution in [0.25, 0.3) is 11.0 Å². The summed E-state index contributed by atoms with van der Waals surface area (Å²) in [5.41, 5.74) is 0.583. The molecule has 6 nitrogen and oxygen atoms in total. The van der Waals surface area contributed by atoms with Gasteiger partial charge in [0, 0.05) is 23.7 Å². The number of methoxy groups -OCH3 is 2. The van der Waals surface area contributed by atoms with Crippen LogP contribution in [0.3, 0.4) is 0 Å². The van der Waals surface area contributed by atoms with Gasteiger partial charge in [-0.05, 0) is 18.6 Å². The van der Waals surface area contributed by atoms with Crippen LogP contribution in [0.5, 0.6) is 5.75 Å². The molecule has 1 atom stereocenters. The van der Waals surface area contributed by atoms with Crippen LogP contribution in [-0.4, -0.2) is 55.1 Å². The fourth-order valence-electron chi connectivity index (χ4n) is 2.75. The molecule has 1 aliphatic heterocycles. The van der Waals surface area contributed by atoms with E-state index in [2.05, 4.69) is 4.74 Å². The smallest absolute Gasteiger partial charge is 0.315 e. The van der Waals surface area contributed by atoms with Crippen molar-refractivity contribution in [2.24, 2.45) is 0 Å². The Labute approximate surface area is 144 Å². The number of hydrogen-bond donors (Lipinski definition) is 0. The molecule has 1 aromatic carbocycles. The largest absolute Gasteiger partial charge is 0.493 e. The van der Waals surface area contributed by atoms with Gasteiger partial charge in [0.2, 0.25) is 0 Å². The number of rotatable bonds is 5. The molecule has 128 valence electrons. The number of esters is 1. The summed E-state index contributed by atoms with van der Waals surface area (Å²) in [5, 5.41) is 1.08.